The Morgan fingerprint density at radius 2 is 0.836 bits per heavy atom. The summed E-state index contributed by atoms with van der Waals surface area (Å²) >= 11 is 1.86. The van der Waals surface area contributed by atoms with Crippen LogP contribution in [0.4, 0.5) is 0 Å². The van der Waals surface area contributed by atoms with E-state index in [1.54, 1.807) is 0 Å². The van der Waals surface area contributed by atoms with Gasteiger partial charge >= 0.3 is 0 Å². The van der Waals surface area contributed by atoms with Crippen LogP contribution < -0.4 is 0 Å². The monoisotopic (exact) mass is 719 g/mol. The lowest BCUT2D eigenvalue weighted by molar-refractivity contribution is 1.18. The summed E-state index contributed by atoms with van der Waals surface area (Å²) < 4.78 is 1.25. The van der Waals surface area contributed by atoms with Crippen LogP contribution in [0.1, 0.15) is 0 Å². The quantitative estimate of drug-likeness (QED) is 0.165. The Morgan fingerprint density at radius 3 is 1.51 bits per heavy atom. The molecule has 0 fully saturated rings. The maximum Gasteiger partial charge on any atom is 0.160 e. The van der Waals surface area contributed by atoms with Crippen LogP contribution in [0.5, 0.6) is 0 Å². The highest BCUT2D eigenvalue weighted by atomic mass is 32.1. The average Bonchev–Trinajstić information content (AvgIpc) is 3.69. The van der Waals surface area contributed by atoms with Crippen LogP contribution in [0.2, 0.25) is 0 Å². The minimum atomic E-state index is 0.708. The van der Waals surface area contributed by atoms with Crippen molar-refractivity contribution in [1.82, 2.24) is 15.0 Å². The Bertz CT molecular complexity index is 2900. The highest BCUT2D eigenvalue weighted by Gasteiger charge is 2.23. The molecule has 4 heteroatoms. The number of hydrogen-bond donors (Lipinski definition) is 0. The molecule has 0 aliphatic rings. The molecule has 258 valence electrons. The van der Waals surface area contributed by atoms with Gasteiger partial charge in [0.2, 0.25) is 0 Å². The first-order valence-corrected chi connectivity index (χ1v) is 19.3. The summed E-state index contributed by atoms with van der Waals surface area (Å²) in [6.07, 6.45) is 0. The molecule has 10 rings (SSSR count). The Labute approximate surface area is 323 Å². The molecular formula is C51H33N3S. The minimum absolute atomic E-state index is 0.708. The third-order valence-electron chi connectivity index (χ3n) is 10.1. The smallest absolute Gasteiger partial charge is 0.160 e. The van der Waals surface area contributed by atoms with E-state index in [9.17, 15) is 0 Å². The van der Waals surface area contributed by atoms with E-state index in [-0.39, 0.29) is 0 Å². The van der Waals surface area contributed by atoms with E-state index < -0.39 is 0 Å². The largest absolute Gasteiger partial charge is 0.247 e. The van der Waals surface area contributed by atoms with E-state index in [0.717, 1.165) is 56.0 Å². The van der Waals surface area contributed by atoms with Crippen LogP contribution in [0, 0.1) is 0 Å². The fraction of sp³-hybridized carbons (Fsp3) is 0. The van der Waals surface area contributed by atoms with Crippen molar-refractivity contribution in [1.29, 1.82) is 0 Å². The lowest BCUT2D eigenvalue weighted by atomic mass is 9.93. The van der Waals surface area contributed by atoms with E-state index in [1.807, 2.05) is 47.7 Å². The summed E-state index contributed by atoms with van der Waals surface area (Å²) in [5.41, 5.74) is 13.8. The van der Waals surface area contributed by atoms with Crippen molar-refractivity contribution in [3.05, 3.63) is 200 Å². The molecule has 55 heavy (non-hydrogen) atoms. The van der Waals surface area contributed by atoms with Crippen LogP contribution in [0.15, 0.2) is 200 Å². The number of para-hydroxylation sites is 1. The van der Waals surface area contributed by atoms with Gasteiger partial charge in [-0.1, -0.05) is 176 Å². The topological polar surface area (TPSA) is 38.7 Å². The van der Waals surface area contributed by atoms with Crippen molar-refractivity contribution >= 4 is 32.3 Å². The zero-order valence-electron chi connectivity index (χ0n) is 29.8. The Morgan fingerprint density at radius 1 is 0.345 bits per heavy atom. The number of rotatable bonds is 7. The van der Waals surface area contributed by atoms with Crippen LogP contribution in [-0.4, -0.2) is 15.0 Å². The molecular weight excluding hydrogens is 687 g/mol. The number of nitrogens with zero attached hydrogens (tertiary/aromatic N) is 3. The van der Waals surface area contributed by atoms with Crippen molar-refractivity contribution in [2.45, 2.75) is 0 Å². The van der Waals surface area contributed by atoms with E-state index in [4.69, 9.17) is 15.0 Å². The number of fused-ring (bicyclic) bond motifs is 3. The van der Waals surface area contributed by atoms with Crippen molar-refractivity contribution < 1.29 is 0 Å². The summed E-state index contributed by atoms with van der Waals surface area (Å²) in [5, 5.41) is 2.36. The molecule has 0 saturated heterocycles. The normalized spacial score (nSPS) is 11.3. The van der Waals surface area contributed by atoms with Crippen LogP contribution in [-0.2, 0) is 0 Å². The molecule has 0 aliphatic heterocycles. The van der Waals surface area contributed by atoms with Crippen LogP contribution in [0.3, 0.4) is 0 Å². The van der Waals surface area contributed by atoms with Gasteiger partial charge in [-0.3, -0.25) is 0 Å². The van der Waals surface area contributed by atoms with E-state index in [0.29, 0.717) is 5.82 Å². The van der Waals surface area contributed by atoms with Crippen molar-refractivity contribution in [2.75, 3.05) is 0 Å². The molecule has 0 amide bonds. The third-order valence-corrected chi connectivity index (χ3v) is 11.4. The fourth-order valence-corrected chi connectivity index (χ4v) is 8.80. The van der Waals surface area contributed by atoms with Gasteiger partial charge in [0.05, 0.1) is 22.6 Å². The van der Waals surface area contributed by atoms with E-state index >= 15 is 0 Å². The summed E-state index contributed by atoms with van der Waals surface area (Å²) in [6, 6.07) is 70.2. The molecule has 0 aliphatic carbocycles. The van der Waals surface area contributed by atoms with Gasteiger partial charge in [-0.05, 0) is 46.5 Å². The summed E-state index contributed by atoms with van der Waals surface area (Å²) in [4.78, 5) is 16.7. The first-order valence-electron chi connectivity index (χ1n) is 18.4. The molecule has 10 aromatic rings. The second kappa shape index (κ2) is 14.1. The Balaban J connectivity index is 1.14. The fourth-order valence-electron chi connectivity index (χ4n) is 7.44. The lowest BCUT2D eigenvalue weighted by Crippen LogP contribution is -1.96. The molecule has 3 nitrogen and oxygen atoms in total. The number of thiophene rings is 1. The predicted molar refractivity (Wildman–Crippen MR) is 231 cm³/mol. The molecule has 3 aromatic heterocycles. The molecule has 0 unspecified atom stereocenters. The molecule has 0 atom stereocenters. The van der Waals surface area contributed by atoms with Gasteiger partial charge in [0.1, 0.15) is 0 Å². The second-order valence-electron chi connectivity index (χ2n) is 13.6. The zero-order chi connectivity index (χ0) is 36.6. The predicted octanol–water partition coefficient (Wildman–Crippen LogP) is 13.9. The molecule has 0 radical (unpaired) electrons. The van der Waals surface area contributed by atoms with Gasteiger partial charge in [-0.2, -0.15) is 0 Å². The minimum Gasteiger partial charge on any atom is -0.247 e. The van der Waals surface area contributed by atoms with Gasteiger partial charge in [-0.15, -0.1) is 11.3 Å². The summed E-state index contributed by atoms with van der Waals surface area (Å²) in [7, 11) is 0. The molecule has 0 saturated carbocycles. The Hall–Kier alpha value is -7.01. The third kappa shape index (κ3) is 6.19. The van der Waals surface area contributed by atoms with Crippen molar-refractivity contribution in [2.24, 2.45) is 0 Å². The highest BCUT2D eigenvalue weighted by Crippen LogP contribution is 2.50. The second-order valence-corrected chi connectivity index (χ2v) is 14.6. The SMILES string of the molecule is c1ccc(-c2cc(-c3cccc(-c4cccc(-c5sc6c(c(-c7ccccc7)nc7ccccc76)c5-c5ccccc5)c4)c3)nc(-c3ccccc3)n2)cc1. The first-order chi connectivity index (χ1) is 27.3. The van der Waals surface area contributed by atoms with E-state index in [1.165, 1.54) is 37.0 Å². The number of hydrogen-bond acceptors (Lipinski definition) is 4. The number of aromatic nitrogens is 3. The standard InChI is InChI=1S/C51H33N3S/c1-5-17-34(18-6-1)44-33-45(54-51(53-44)37-23-11-4-12-24-37)40-27-15-25-38(31-40)39-26-16-28-41(32-39)49-46(35-19-7-2-8-20-35)47-48(36-21-9-3-10-22-36)52-43-30-14-13-29-42(43)50(47)55-49/h1-33H. The first kappa shape index (κ1) is 32.6. The molecule has 0 spiro atoms. The molecule has 0 bridgehead atoms. The van der Waals surface area contributed by atoms with Crippen LogP contribution in [0.25, 0.3) is 98.8 Å². The van der Waals surface area contributed by atoms with Gasteiger partial charge in [0, 0.05) is 48.2 Å². The maximum atomic E-state index is 5.32. The van der Waals surface area contributed by atoms with Gasteiger partial charge < -0.3 is 0 Å². The highest BCUT2D eigenvalue weighted by molar-refractivity contribution is 7.24. The maximum absolute atomic E-state index is 5.32. The molecule has 7 aromatic carbocycles. The number of pyridine rings is 1. The molecule has 0 N–H and O–H groups in total. The van der Waals surface area contributed by atoms with Crippen LogP contribution >= 0.6 is 11.3 Å². The van der Waals surface area contributed by atoms with Gasteiger partial charge in [-0.25, -0.2) is 15.0 Å². The molecule has 3 heterocycles. The van der Waals surface area contributed by atoms with Gasteiger partial charge in [0.15, 0.2) is 5.82 Å². The Kier molecular flexibility index (Phi) is 8.36. The number of benzene rings is 7. The van der Waals surface area contributed by atoms with Crippen molar-refractivity contribution in [3.63, 3.8) is 0 Å². The van der Waals surface area contributed by atoms with E-state index in [2.05, 4.69) is 164 Å². The summed E-state index contributed by atoms with van der Waals surface area (Å²) in [5.74, 6) is 0.708. The summed E-state index contributed by atoms with van der Waals surface area (Å²) in [6.45, 7) is 0. The zero-order valence-corrected chi connectivity index (χ0v) is 30.6. The average molecular weight is 720 g/mol. The van der Waals surface area contributed by atoms with Crippen molar-refractivity contribution in [3.8, 4) is 77.9 Å². The lowest BCUT2D eigenvalue weighted by Gasteiger charge is -2.12. The van der Waals surface area contributed by atoms with Gasteiger partial charge in [0.25, 0.3) is 0 Å².